The molecule has 0 saturated heterocycles. The molecule has 10 heavy (non-hydrogen) atoms. The minimum absolute atomic E-state index is 0.648. The van der Waals surface area contributed by atoms with Crippen LogP contribution in [-0.2, 0) is 0 Å². The maximum absolute atomic E-state index is 4.22. The highest BCUT2D eigenvalue weighted by atomic mass is 14.9. The molecule has 2 heteroatoms. The quantitative estimate of drug-likeness (QED) is 0.661. The van der Waals surface area contributed by atoms with E-state index in [1.807, 2.05) is 12.4 Å². The molecule has 1 atom stereocenters. The Hall–Kier alpha value is -0.790. The molecule has 1 heterocycles. The highest BCUT2D eigenvalue weighted by molar-refractivity contribution is 5.01. The normalized spacial score (nSPS) is 20.9. The lowest BCUT2D eigenvalue weighted by Gasteiger charge is -2.03. The number of rotatable bonds is 2. The van der Waals surface area contributed by atoms with Crippen LogP contribution in [0.3, 0.4) is 0 Å². The van der Waals surface area contributed by atoms with E-state index in [1.165, 1.54) is 12.8 Å². The Labute approximate surface area is 60.7 Å². The van der Waals surface area contributed by atoms with Crippen LogP contribution in [0.2, 0.25) is 0 Å². The van der Waals surface area contributed by atoms with Crippen molar-refractivity contribution >= 4 is 0 Å². The summed E-state index contributed by atoms with van der Waals surface area (Å²) in [6, 6.07) is 0. The molecule has 0 aromatic carbocycles. The van der Waals surface area contributed by atoms with Crippen LogP contribution in [0.4, 0.5) is 0 Å². The zero-order valence-corrected chi connectivity index (χ0v) is 6.17. The summed E-state index contributed by atoms with van der Waals surface area (Å²) in [7, 11) is 0. The molecule has 1 unspecified atom stereocenters. The van der Waals surface area contributed by atoms with Crippen LogP contribution in [-0.4, -0.2) is 9.97 Å². The summed E-state index contributed by atoms with van der Waals surface area (Å²) in [5.74, 6) is 2.71. The SMILES string of the molecule is CC(c1ncc[nH]1)C1CC1. The fourth-order valence-electron chi connectivity index (χ4n) is 1.35. The first kappa shape index (κ1) is 5.96. The van der Waals surface area contributed by atoms with Crippen LogP contribution in [0.25, 0.3) is 0 Å². The summed E-state index contributed by atoms with van der Waals surface area (Å²) in [6.45, 7) is 2.25. The van der Waals surface area contributed by atoms with Crippen molar-refractivity contribution in [2.75, 3.05) is 0 Å². The Bertz CT molecular complexity index is 199. The average Bonchev–Trinajstić information content (AvgIpc) is 2.65. The van der Waals surface area contributed by atoms with Gasteiger partial charge in [-0.3, -0.25) is 0 Å². The summed E-state index contributed by atoms with van der Waals surface area (Å²) in [5, 5.41) is 0. The summed E-state index contributed by atoms with van der Waals surface area (Å²) >= 11 is 0. The van der Waals surface area contributed by atoms with Crippen molar-refractivity contribution in [3.05, 3.63) is 18.2 Å². The van der Waals surface area contributed by atoms with Gasteiger partial charge in [0.15, 0.2) is 0 Å². The van der Waals surface area contributed by atoms with E-state index in [1.54, 1.807) is 0 Å². The lowest BCUT2D eigenvalue weighted by atomic mass is 10.1. The number of aromatic amines is 1. The number of aromatic nitrogens is 2. The molecule has 2 nitrogen and oxygen atoms in total. The maximum atomic E-state index is 4.22. The molecule has 0 radical (unpaired) electrons. The van der Waals surface area contributed by atoms with Crippen molar-refractivity contribution in [2.24, 2.45) is 5.92 Å². The van der Waals surface area contributed by atoms with E-state index in [2.05, 4.69) is 16.9 Å². The van der Waals surface area contributed by atoms with Gasteiger partial charge >= 0.3 is 0 Å². The molecule has 2 rings (SSSR count). The number of hydrogen-bond acceptors (Lipinski definition) is 1. The number of H-pyrrole nitrogens is 1. The summed E-state index contributed by atoms with van der Waals surface area (Å²) < 4.78 is 0. The Kier molecular flexibility index (Phi) is 1.26. The van der Waals surface area contributed by atoms with E-state index >= 15 is 0 Å². The molecule has 1 aliphatic carbocycles. The molecule has 1 fully saturated rings. The van der Waals surface area contributed by atoms with Gasteiger partial charge in [0.25, 0.3) is 0 Å². The fraction of sp³-hybridized carbons (Fsp3) is 0.625. The summed E-state index contributed by atoms with van der Waals surface area (Å²) in [6.07, 6.45) is 6.51. The summed E-state index contributed by atoms with van der Waals surface area (Å²) in [4.78, 5) is 7.37. The van der Waals surface area contributed by atoms with Gasteiger partial charge < -0.3 is 4.98 Å². The van der Waals surface area contributed by atoms with E-state index in [0.717, 1.165) is 11.7 Å². The van der Waals surface area contributed by atoms with Gasteiger partial charge in [-0.25, -0.2) is 4.98 Å². The molecule has 1 saturated carbocycles. The lowest BCUT2D eigenvalue weighted by Crippen LogP contribution is -1.97. The predicted octanol–water partition coefficient (Wildman–Crippen LogP) is 1.92. The van der Waals surface area contributed by atoms with Crippen LogP contribution in [0, 0.1) is 5.92 Å². The molecule has 0 amide bonds. The van der Waals surface area contributed by atoms with Gasteiger partial charge in [-0.2, -0.15) is 0 Å². The van der Waals surface area contributed by atoms with Crippen molar-refractivity contribution < 1.29 is 0 Å². The second kappa shape index (κ2) is 2.11. The van der Waals surface area contributed by atoms with E-state index in [9.17, 15) is 0 Å². The molecule has 0 aliphatic heterocycles. The standard InChI is InChI=1S/C8H12N2/c1-6(7-2-3-7)8-9-4-5-10-8/h4-7H,2-3H2,1H3,(H,9,10). The van der Waals surface area contributed by atoms with E-state index < -0.39 is 0 Å². The first-order valence-electron chi connectivity index (χ1n) is 3.87. The van der Waals surface area contributed by atoms with Crippen LogP contribution >= 0.6 is 0 Å². The number of nitrogens with one attached hydrogen (secondary N) is 1. The van der Waals surface area contributed by atoms with Crippen molar-refractivity contribution in [2.45, 2.75) is 25.7 Å². The van der Waals surface area contributed by atoms with E-state index in [-0.39, 0.29) is 0 Å². The molecular formula is C8H12N2. The molecule has 1 aliphatic rings. The lowest BCUT2D eigenvalue weighted by molar-refractivity contribution is 0.628. The van der Waals surface area contributed by atoms with Crippen LogP contribution in [0.5, 0.6) is 0 Å². The van der Waals surface area contributed by atoms with Crippen molar-refractivity contribution in [1.29, 1.82) is 0 Å². The minimum atomic E-state index is 0.648. The van der Waals surface area contributed by atoms with Crippen molar-refractivity contribution in [3.63, 3.8) is 0 Å². The minimum Gasteiger partial charge on any atom is -0.348 e. The second-order valence-electron chi connectivity index (χ2n) is 3.10. The molecule has 0 spiro atoms. The highest BCUT2D eigenvalue weighted by Gasteiger charge is 2.29. The van der Waals surface area contributed by atoms with E-state index in [4.69, 9.17) is 0 Å². The van der Waals surface area contributed by atoms with Crippen molar-refractivity contribution in [3.8, 4) is 0 Å². The van der Waals surface area contributed by atoms with Gasteiger partial charge in [0.1, 0.15) is 5.82 Å². The third kappa shape index (κ3) is 0.939. The Morgan fingerprint density at radius 1 is 1.70 bits per heavy atom. The number of hydrogen-bond donors (Lipinski definition) is 1. The van der Waals surface area contributed by atoms with E-state index in [0.29, 0.717) is 5.92 Å². The average molecular weight is 136 g/mol. The molecule has 54 valence electrons. The Morgan fingerprint density at radius 2 is 2.50 bits per heavy atom. The third-order valence-corrected chi connectivity index (χ3v) is 2.28. The van der Waals surface area contributed by atoms with Crippen LogP contribution < -0.4 is 0 Å². The zero-order valence-electron chi connectivity index (χ0n) is 6.17. The third-order valence-electron chi connectivity index (χ3n) is 2.28. The van der Waals surface area contributed by atoms with Gasteiger partial charge in [-0.15, -0.1) is 0 Å². The van der Waals surface area contributed by atoms with Crippen LogP contribution in [0.1, 0.15) is 31.5 Å². The van der Waals surface area contributed by atoms with Gasteiger partial charge in [0.05, 0.1) is 0 Å². The van der Waals surface area contributed by atoms with Gasteiger partial charge in [0, 0.05) is 18.3 Å². The monoisotopic (exact) mass is 136 g/mol. The Morgan fingerprint density at radius 3 is 3.00 bits per heavy atom. The first-order valence-corrected chi connectivity index (χ1v) is 3.87. The molecule has 1 aromatic rings. The molecule has 1 N–H and O–H groups in total. The van der Waals surface area contributed by atoms with Crippen LogP contribution in [0.15, 0.2) is 12.4 Å². The maximum Gasteiger partial charge on any atom is 0.109 e. The topological polar surface area (TPSA) is 28.7 Å². The fourth-order valence-corrected chi connectivity index (χ4v) is 1.35. The molecular weight excluding hydrogens is 124 g/mol. The zero-order chi connectivity index (χ0) is 6.97. The summed E-state index contributed by atoms with van der Waals surface area (Å²) in [5.41, 5.74) is 0. The molecule has 1 aromatic heterocycles. The number of nitrogens with zero attached hydrogens (tertiary/aromatic N) is 1. The van der Waals surface area contributed by atoms with Crippen molar-refractivity contribution in [1.82, 2.24) is 9.97 Å². The largest absolute Gasteiger partial charge is 0.348 e. The predicted molar refractivity (Wildman–Crippen MR) is 39.7 cm³/mol. The van der Waals surface area contributed by atoms with Gasteiger partial charge in [-0.1, -0.05) is 6.92 Å². The molecule has 0 bridgehead atoms. The smallest absolute Gasteiger partial charge is 0.109 e. The second-order valence-corrected chi connectivity index (χ2v) is 3.10. The Balaban J connectivity index is 2.11. The highest BCUT2D eigenvalue weighted by Crippen LogP contribution is 2.40. The van der Waals surface area contributed by atoms with Gasteiger partial charge in [-0.05, 0) is 18.8 Å². The first-order chi connectivity index (χ1) is 4.88. The van der Waals surface area contributed by atoms with Gasteiger partial charge in [0.2, 0.25) is 0 Å². The number of imidazole rings is 1.